The van der Waals surface area contributed by atoms with Gasteiger partial charge >= 0.3 is 0 Å². The second-order valence-corrected chi connectivity index (χ2v) is 12.1. The van der Waals surface area contributed by atoms with E-state index in [1.54, 1.807) is 0 Å². The lowest BCUT2D eigenvalue weighted by Gasteiger charge is -2.21. The van der Waals surface area contributed by atoms with Crippen LogP contribution < -0.4 is 0 Å². The van der Waals surface area contributed by atoms with Crippen LogP contribution in [0.1, 0.15) is 25.0 Å². The van der Waals surface area contributed by atoms with Crippen LogP contribution in [0.2, 0.25) is 0 Å². The van der Waals surface area contributed by atoms with Crippen molar-refractivity contribution in [1.29, 1.82) is 0 Å². The summed E-state index contributed by atoms with van der Waals surface area (Å²) in [5.74, 6) is 1.99. The molecule has 0 unspecified atom stereocenters. The van der Waals surface area contributed by atoms with Gasteiger partial charge in [-0.25, -0.2) is 15.0 Å². The monoisotopic (exact) mass is 577 g/mol. The van der Waals surface area contributed by atoms with E-state index in [9.17, 15) is 0 Å². The predicted octanol–water partition coefficient (Wildman–Crippen LogP) is 10.5. The van der Waals surface area contributed by atoms with Gasteiger partial charge in [0.2, 0.25) is 0 Å². The van der Waals surface area contributed by atoms with Gasteiger partial charge in [0.25, 0.3) is 0 Å². The molecule has 214 valence electrons. The molecule has 0 atom stereocenters. The van der Waals surface area contributed by atoms with E-state index in [1.165, 1.54) is 27.8 Å². The fraction of sp³-hybridized carbons (Fsp3) is 0.0714. The van der Waals surface area contributed by atoms with E-state index < -0.39 is 0 Å². The van der Waals surface area contributed by atoms with E-state index in [-0.39, 0.29) is 5.41 Å². The van der Waals surface area contributed by atoms with E-state index in [0.717, 1.165) is 33.4 Å². The highest BCUT2D eigenvalue weighted by molar-refractivity contribution is 5.91. The van der Waals surface area contributed by atoms with Gasteiger partial charge in [0.15, 0.2) is 17.5 Å². The Balaban J connectivity index is 1.32. The van der Waals surface area contributed by atoms with Crippen LogP contribution in [0.25, 0.3) is 67.5 Å². The highest BCUT2D eigenvalue weighted by Gasteiger charge is 2.37. The van der Waals surface area contributed by atoms with Crippen LogP contribution in [-0.2, 0) is 5.41 Å². The zero-order valence-corrected chi connectivity index (χ0v) is 25.3. The van der Waals surface area contributed by atoms with E-state index >= 15 is 0 Å². The lowest BCUT2D eigenvalue weighted by molar-refractivity contribution is 0.660. The third-order valence-corrected chi connectivity index (χ3v) is 8.96. The molecule has 1 aromatic heterocycles. The zero-order chi connectivity index (χ0) is 30.4. The van der Waals surface area contributed by atoms with Crippen molar-refractivity contribution in [2.45, 2.75) is 19.3 Å². The van der Waals surface area contributed by atoms with Crippen LogP contribution >= 0.6 is 0 Å². The van der Waals surface area contributed by atoms with Crippen molar-refractivity contribution in [3.05, 3.63) is 163 Å². The molecule has 6 aromatic carbocycles. The summed E-state index contributed by atoms with van der Waals surface area (Å²) in [7, 11) is 0. The van der Waals surface area contributed by atoms with Crippen molar-refractivity contribution in [2.75, 3.05) is 0 Å². The second-order valence-electron chi connectivity index (χ2n) is 12.1. The molecule has 0 spiro atoms. The van der Waals surface area contributed by atoms with Crippen LogP contribution in [0.3, 0.4) is 0 Å². The SMILES string of the molecule is CC1(C)c2ccccc2-c2c(-c3nc(-c4ccc(-c5ccccc5)cc4)nc(-c4cccc(-c5ccccc5)c4)n3)cccc21. The molecule has 0 radical (unpaired) electrons. The maximum atomic E-state index is 5.18. The quantitative estimate of drug-likeness (QED) is 0.204. The molecule has 0 saturated carbocycles. The molecule has 7 aromatic rings. The number of benzene rings is 6. The Labute approximate surface area is 264 Å². The molecule has 1 aliphatic carbocycles. The van der Waals surface area contributed by atoms with E-state index in [0.29, 0.717) is 17.5 Å². The molecule has 1 heterocycles. The van der Waals surface area contributed by atoms with Gasteiger partial charge in [-0.05, 0) is 50.6 Å². The van der Waals surface area contributed by atoms with Gasteiger partial charge in [-0.1, -0.05) is 159 Å². The Morgan fingerprint density at radius 3 is 1.56 bits per heavy atom. The molecule has 0 N–H and O–H groups in total. The Bertz CT molecular complexity index is 2170. The maximum absolute atomic E-state index is 5.18. The minimum Gasteiger partial charge on any atom is -0.208 e. The molecule has 0 bridgehead atoms. The van der Waals surface area contributed by atoms with Crippen molar-refractivity contribution in [3.63, 3.8) is 0 Å². The average molecular weight is 578 g/mol. The van der Waals surface area contributed by atoms with E-state index in [4.69, 9.17) is 15.0 Å². The van der Waals surface area contributed by atoms with Crippen LogP contribution in [0, 0.1) is 0 Å². The lowest BCUT2D eigenvalue weighted by atomic mass is 9.82. The first kappa shape index (κ1) is 26.9. The van der Waals surface area contributed by atoms with Crippen LogP contribution in [0.5, 0.6) is 0 Å². The second kappa shape index (κ2) is 10.8. The number of fused-ring (bicyclic) bond motifs is 3. The number of hydrogen-bond donors (Lipinski definition) is 0. The summed E-state index contributed by atoms with van der Waals surface area (Å²) >= 11 is 0. The third kappa shape index (κ3) is 4.74. The fourth-order valence-corrected chi connectivity index (χ4v) is 6.61. The van der Waals surface area contributed by atoms with Gasteiger partial charge in [0, 0.05) is 22.1 Å². The lowest BCUT2D eigenvalue weighted by Crippen LogP contribution is -2.14. The van der Waals surface area contributed by atoms with Crippen LogP contribution in [0.4, 0.5) is 0 Å². The standard InChI is InChI=1S/C42H31N3/c1-42(2)36-21-10-9-19-34(36)38-35(20-12-22-37(38)42)41-44-39(31-25-23-30(24-26-31)28-13-5-3-6-14-28)43-40(45-41)33-18-11-17-32(27-33)29-15-7-4-8-16-29/h3-27H,1-2H3. The first-order chi connectivity index (χ1) is 22.1. The predicted molar refractivity (Wildman–Crippen MR) is 185 cm³/mol. The van der Waals surface area contributed by atoms with Gasteiger partial charge in [-0.3, -0.25) is 0 Å². The average Bonchev–Trinajstić information content (AvgIpc) is 3.35. The van der Waals surface area contributed by atoms with Crippen molar-refractivity contribution >= 4 is 0 Å². The normalized spacial score (nSPS) is 12.8. The molecule has 0 saturated heterocycles. The third-order valence-electron chi connectivity index (χ3n) is 8.96. The minimum absolute atomic E-state index is 0.113. The van der Waals surface area contributed by atoms with Crippen LogP contribution in [-0.4, -0.2) is 15.0 Å². The largest absolute Gasteiger partial charge is 0.208 e. The Hall–Kier alpha value is -5.67. The molecule has 0 fully saturated rings. The smallest absolute Gasteiger partial charge is 0.164 e. The molecule has 0 aliphatic heterocycles. The first-order valence-corrected chi connectivity index (χ1v) is 15.4. The minimum atomic E-state index is -0.113. The maximum Gasteiger partial charge on any atom is 0.164 e. The molecular formula is C42H31N3. The number of hydrogen-bond acceptors (Lipinski definition) is 3. The molecule has 3 heteroatoms. The van der Waals surface area contributed by atoms with Crippen molar-refractivity contribution in [3.8, 4) is 67.5 Å². The molecule has 3 nitrogen and oxygen atoms in total. The summed E-state index contributed by atoms with van der Waals surface area (Å²) < 4.78 is 0. The number of aromatic nitrogens is 3. The van der Waals surface area contributed by atoms with Crippen molar-refractivity contribution < 1.29 is 0 Å². The Kier molecular flexibility index (Phi) is 6.46. The van der Waals surface area contributed by atoms with Crippen LogP contribution in [0.15, 0.2) is 152 Å². The van der Waals surface area contributed by atoms with Gasteiger partial charge < -0.3 is 0 Å². The zero-order valence-electron chi connectivity index (χ0n) is 25.3. The highest BCUT2D eigenvalue weighted by atomic mass is 15.0. The summed E-state index contributed by atoms with van der Waals surface area (Å²) in [4.78, 5) is 15.4. The topological polar surface area (TPSA) is 38.7 Å². The molecule has 0 amide bonds. The molecule has 1 aliphatic rings. The summed E-state index contributed by atoms with van der Waals surface area (Å²) in [6.07, 6.45) is 0. The van der Waals surface area contributed by atoms with E-state index in [1.807, 2.05) is 12.1 Å². The van der Waals surface area contributed by atoms with Crippen molar-refractivity contribution in [2.24, 2.45) is 0 Å². The summed E-state index contributed by atoms with van der Waals surface area (Å²) in [5.41, 5.74) is 12.5. The summed E-state index contributed by atoms with van der Waals surface area (Å²) in [5, 5.41) is 0. The van der Waals surface area contributed by atoms with Gasteiger partial charge in [-0.2, -0.15) is 0 Å². The summed E-state index contributed by atoms with van der Waals surface area (Å²) in [6.45, 7) is 4.60. The van der Waals surface area contributed by atoms with Gasteiger partial charge in [0.1, 0.15) is 0 Å². The fourth-order valence-electron chi connectivity index (χ4n) is 6.61. The first-order valence-electron chi connectivity index (χ1n) is 15.4. The Morgan fingerprint density at radius 2 is 0.822 bits per heavy atom. The van der Waals surface area contributed by atoms with Gasteiger partial charge in [0.05, 0.1) is 0 Å². The molecule has 8 rings (SSSR count). The number of rotatable bonds is 5. The summed E-state index contributed by atoms with van der Waals surface area (Å²) in [6, 6.07) is 53.1. The highest BCUT2D eigenvalue weighted by Crippen LogP contribution is 2.51. The van der Waals surface area contributed by atoms with Gasteiger partial charge in [-0.15, -0.1) is 0 Å². The molecule has 45 heavy (non-hydrogen) atoms. The molecular weight excluding hydrogens is 546 g/mol. The van der Waals surface area contributed by atoms with Crippen molar-refractivity contribution in [1.82, 2.24) is 15.0 Å². The number of nitrogens with zero attached hydrogens (tertiary/aromatic N) is 3. The Morgan fingerprint density at radius 1 is 0.356 bits per heavy atom. The van der Waals surface area contributed by atoms with E-state index in [2.05, 4.69) is 153 Å².